The average molecular weight is 587 g/mol. The summed E-state index contributed by atoms with van der Waals surface area (Å²) in [6, 6.07) is 12.0. The maximum atomic E-state index is 13.4. The van der Waals surface area contributed by atoms with Gasteiger partial charge in [0.1, 0.15) is 0 Å². The van der Waals surface area contributed by atoms with E-state index in [1.807, 2.05) is 29.2 Å². The topological polar surface area (TPSA) is 39.2 Å². The molecule has 5 rings (SSSR count). The Morgan fingerprint density at radius 2 is 1.56 bits per heavy atom. The van der Waals surface area contributed by atoms with Gasteiger partial charge in [0, 0.05) is 29.4 Å². The lowest BCUT2D eigenvalue weighted by molar-refractivity contribution is -0.137. The molecule has 0 aromatic heterocycles. The van der Waals surface area contributed by atoms with Gasteiger partial charge in [0.2, 0.25) is 0 Å². The Morgan fingerprint density at radius 1 is 0.897 bits per heavy atom. The molecule has 0 aliphatic carbocycles. The lowest BCUT2D eigenvalue weighted by Gasteiger charge is -2.39. The van der Waals surface area contributed by atoms with E-state index in [0.29, 0.717) is 12.2 Å². The van der Waals surface area contributed by atoms with Crippen molar-refractivity contribution in [3.8, 4) is 0 Å². The number of para-hydroxylation sites is 1. The van der Waals surface area contributed by atoms with Crippen LogP contribution in [0.5, 0.6) is 0 Å². The number of nitrogens with zero attached hydrogens (tertiary/aromatic N) is 2. The standard InChI is InChI=1S/C28H37F3N2OS.C2H4O.ClH/c1-2-3-4-5-8-14-27(34)15-19-32(20-16-27)17-9-18-33-23-10-6-7-11-25(23)35-26-13-12-22(21-24(26)33)28(29,30)31;1-2-3-1;/h6-7,10-13,21,34H,2-5,8-9,14-20H2,1H3;1-2H2;1H. The highest BCUT2D eigenvalue weighted by Crippen LogP contribution is 2.49. The molecule has 0 bridgehead atoms. The molecular formula is C30H42ClF3N2O2S. The van der Waals surface area contributed by atoms with Crippen LogP contribution in [0.15, 0.2) is 52.3 Å². The Hall–Kier alpha value is -1.45. The number of halogens is 4. The van der Waals surface area contributed by atoms with Crippen molar-refractivity contribution in [1.29, 1.82) is 0 Å². The number of aliphatic hydroxyl groups is 1. The van der Waals surface area contributed by atoms with Gasteiger partial charge in [-0.3, -0.25) is 0 Å². The predicted molar refractivity (Wildman–Crippen MR) is 156 cm³/mol. The lowest BCUT2D eigenvalue weighted by Crippen LogP contribution is -2.45. The Kier molecular flexibility index (Phi) is 12.3. The Morgan fingerprint density at radius 3 is 2.23 bits per heavy atom. The van der Waals surface area contributed by atoms with Gasteiger partial charge in [0.05, 0.1) is 35.8 Å². The molecule has 3 heterocycles. The van der Waals surface area contributed by atoms with E-state index >= 15 is 0 Å². The summed E-state index contributed by atoms with van der Waals surface area (Å²) in [6.45, 7) is 7.51. The smallest absolute Gasteiger partial charge is 0.390 e. The molecule has 4 nitrogen and oxygen atoms in total. The second-order valence-electron chi connectivity index (χ2n) is 10.6. The van der Waals surface area contributed by atoms with E-state index in [0.717, 1.165) is 80.4 Å². The quantitative estimate of drug-likeness (QED) is 0.224. The summed E-state index contributed by atoms with van der Waals surface area (Å²) < 4.78 is 44.8. The number of ether oxygens (including phenoxy) is 1. The van der Waals surface area contributed by atoms with Crippen LogP contribution in [0.3, 0.4) is 0 Å². The van der Waals surface area contributed by atoms with Crippen LogP contribution in [-0.2, 0) is 10.9 Å². The summed E-state index contributed by atoms with van der Waals surface area (Å²) in [5, 5.41) is 11.0. The lowest BCUT2D eigenvalue weighted by atomic mass is 9.86. The summed E-state index contributed by atoms with van der Waals surface area (Å²) >= 11 is 1.53. The highest BCUT2D eigenvalue weighted by atomic mass is 35.5. The maximum absolute atomic E-state index is 13.4. The number of likely N-dealkylation sites (tertiary alicyclic amines) is 1. The molecule has 1 N–H and O–H groups in total. The van der Waals surface area contributed by atoms with E-state index in [4.69, 9.17) is 0 Å². The molecule has 0 spiro atoms. The molecule has 218 valence electrons. The van der Waals surface area contributed by atoms with Crippen LogP contribution < -0.4 is 4.90 Å². The van der Waals surface area contributed by atoms with Gasteiger partial charge in [0.15, 0.2) is 0 Å². The van der Waals surface area contributed by atoms with E-state index in [2.05, 4.69) is 16.6 Å². The van der Waals surface area contributed by atoms with E-state index in [9.17, 15) is 18.3 Å². The summed E-state index contributed by atoms with van der Waals surface area (Å²) in [7, 11) is 0. The largest absolute Gasteiger partial charge is 0.416 e. The number of unbranched alkanes of at least 4 members (excludes halogenated alkanes) is 4. The zero-order valence-corrected chi connectivity index (χ0v) is 24.5. The molecule has 9 heteroatoms. The fourth-order valence-corrected chi connectivity index (χ4v) is 6.28. The minimum Gasteiger partial charge on any atom is -0.390 e. The van der Waals surface area contributed by atoms with Crippen molar-refractivity contribution in [2.45, 2.75) is 86.3 Å². The number of anilines is 2. The Balaban J connectivity index is 0.000000982. The normalized spacial score (nSPS) is 17.8. The number of hydrogen-bond donors (Lipinski definition) is 1. The molecule has 0 unspecified atom stereocenters. The summed E-state index contributed by atoms with van der Waals surface area (Å²) in [5.74, 6) is 0. The molecule has 0 amide bonds. The second-order valence-corrected chi connectivity index (χ2v) is 11.7. The first kappa shape index (κ1) is 32.1. The SMILES string of the molecule is C1CO1.CCCCCCCC1(O)CCN(CCCN2c3ccccc3Sc3ccc(C(F)(F)F)cc32)CC1.Cl. The van der Waals surface area contributed by atoms with Crippen LogP contribution in [0.4, 0.5) is 24.5 Å². The van der Waals surface area contributed by atoms with Gasteiger partial charge in [0.25, 0.3) is 0 Å². The van der Waals surface area contributed by atoms with Crippen LogP contribution >= 0.6 is 24.2 Å². The number of alkyl halides is 3. The second kappa shape index (κ2) is 15.0. The van der Waals surface area contributed by atoms with E-state index in [1.54, 1.807) is 6.07 Å². The first-order valence-corrected chi connectivity index (χ1v) is 14.9. The van der Waals surface area contributed by atoms with Gasteiger partial charge < -0.3 is 19.6 Å². The van der Waals surface area contributed by atoms with Crippen molar-refractivity contribution in [3.63, 3.8) is 0 Å². The van der Waals surface area contributed by atoms with Crippen LogP contribution in [0.1, 0.15) is 70.3 Å². The fraction of sp³-hybridized carbons (Fsp3) is 0.600. The first-order chi connectivity index (χ1) is 18.3. The molecule has 2 aromatic carbocycles. The maximum Gasteiger partial charge on any atom is 0.416 e. The Bertz CT molecular complexity index is 1030. The van der Waals surface area contributed by atoms with Crippen molar-refractivity contribution in [2.75, 3.05) is 44.3 Å². The summed E-state index contributed by atoms with van der Waals surface area (Å²) in [6.07, 6.45) is 5.06. The van der Waals surface area contributed by atoms with Crippen molar-refractivity contribution in [1.82, 2.24) is 4.90 Å². The first-order valence-electron chi connectivity index (χ1n) is 14.1. The van der Waals surface area contributed by atoms with Gasteiger partial charge in [-0.15, -0.1) is 12.4 Å². The number of hydrogen-bond acceptors (Lipinski definition) is 5. The number of piperidine rings is 1. The third-order valence-corrected chi connectivity index (χ3v) is 8.68. The molecule has 0 radical (unpaired) electrons. The number of epoxide rings is 1. The number of benzene rings is 2. The molecule has 2 fully saturated rings. The van der Waals surface area contributed by atoms with Crippen molar-refractivity contribution in [2.24, 2.45) is 0 Å². The summed E-state index contributed by atoms with van der Waals surface area (Å²) in [5.41, 5.74) is 0.477. The highest BCUT2D eigenvalue weighted by Gasteiger charge is 2.34. The highest BCUT2D eigenvalue weighted by molar-refractivity contribution is 7.99. The average Bonchev–Trinajstić information content (AvgIpc) is 3.78. The molecule has 39 heavy (non-hydrogen) atoms. The zero-order valence-electron chi connectivity index (χ0n) is 22.8. The summed E-state index contributed by atoms with van der Waals surface area (Å²) in [4.78, 5) is 6.37. The Labute approximate surface area is 241 Å². The third-order valence-electron chi connectivity index (χ3n) is 7.55. The van der Waals surface area contributed by atoms with E-state index < -0.39 is 17.3 Å². The molecular weight excluding hydrogens is 545 g/mol. The van der Waals surface area contributed by atoms with Crippen LogP contribution in [0, 0.1) is 0 Å². The minimum atomic E-state index is -4.36. The number of fused-ring (bicyclic) bond motifs is 2. The van der Waals surface area contributed by atoms with Gasteiger partial charge in [-0.25, -0.2) is 0 Å². The fourth-order valence-electron chi connectivity index (χ4n) is 5.20. The predicted octanol–water partition coefficient (Wildman–Crippen LogP) is 8.32. The molecule has 2 saturated heterocycles. The van der Waals surface area contributed by atoms with Crippen molar-refractivity contribution < 1.29 is 23.0 Å². The van der Waals surface area contributed by atoms with Crippen LogP contribution in [0.25, 0.3) is 0 Å². The molecule has 0 saturated carbocycles. The molecule has 3 aliphatic rings. The monoisotopic (exact) mass is 586 g/mol. The van der Waals surface area contributed by atoms with Crippen LogP contribution in [-0.4, -0.2) is 55.0 Å². The number of rotatable bonds is 10. The van der Waals surface area contributed by atoms with Crippen LogP contribution in [0.2, 0.25) is 0 Å². The van der Waals surface area contributed by atoms with E-state index in [1.165, 1.54) is 49.6 Å². The molecule has 2 aromatic rings. The van der Waals surface area contributed by atoms with Gasteiger partial charge in [-0.2, -0.15) is 13.2 Å². The van der Waals surface area contributed by atoms with Crippen molar-refractivity contribution in [3.05, 3.63) is 48.0 Å². The van der Waals surface area contributed by atoms with Gasteiger partial charge in [-0.05, 0) is 62.6 Å². The molecule has 3 aliphatic heterocycles. The zero-order chi connectivity index (χ0) is 27.0. The minimum absolute atomic E-state index is 0. The van der Waals surface area contributed by atoms with Crippen molar-refractivity contribution >= 4 is 35.5 Å². The third kappa shape index (κ3) is 9.56. The van der Waals surface area contributed by atoms with E-state index in [-0.39, 0.29) is 12.4 Å². The molecule has 0 atom stereocenters. The van der Waals surface area contributed by atoms with Gasteiger partial charge >= 0.3 is 6.18 Å². The van der Waals surface area contributed by atoms with Gasteiger partial charge in [-0.1, -0.05) is 62.9 Å².